The van der Waals surface area contributed by atoms with E-state index in [1.807, 2.05) is 56.3 Å². The summed E-state index contributed by atoms with van der Waals surface area (Å²) in [5.74, 6) is -0.691. The number of methoxy groups -OCH3 is 1. The molecule has 168 valence electrons. The van der Waals surface area contributed by atoms with Crippen LogP contribution >= 0.6 is 0 Å². The molecule has 33 heavy (non-hydrogen) atoms. The van der Waals surface area contributed by atoms with Gasteiger partial charge in [-0.2, -0.15) is 0 Å². The fourth-order valence-corrected chi connectivity index (χ4v) is 4.20. The summed E-state index contributed by atoms with van der Waals surface area (Å²) in [6, 6.07) is 17.5. The van der Waals surface area contributed by atoms with Crippen LogP contribution in [0.25, 0.3) is 5.76 Å². The van der Waals surface area contributed by atoms with Gasteiger partial charge in [0.05, 0.1) is 18.7 Å². The zero-order valence-electron chi connectivity index (χ0n) is 18.9. The molecule has 1 unspecified atom stereocenters. The SMILES string of the molecule is COc1ccc(/C(O)=C2/C(=O)C(=O)N(Cc3cccnc3)C2c2ccccc2)cc1C(C)C. The van der Waals surface area contributed by atoms with Crippen LogP contribution in [0.2, 0.25) is 0 Å². The summed E-state index contributed by atoms with van der Waals surface area (Å²) in [7, 11) is 1.60. The Labute approximate surface area is 193 Å². The summed E-state index contributed by atoms with van der Waals surface area (Å²) >= 11 is 0. The third-order valence-electron chi connectivity index (χ3n) is 5.86. The Kier molecular flexibility index (Phi) is 6.27. The number of carbonyl (C=O) groups excluding carboxylic acids is 2. The van der Waals surface area contributed by atoms with E-state index in [0.717, 1.165) is 16.7 Å². The molecular weight excluding hydrogens is 416 g/mol. The number of aliphatic hydroxyl groups excluding tert-OH is 1. The van der Waals surface area contributed by atoms with Gasteiger partial charge in [0.25, 0.3) is 11.7 Å². The van der Waals surface area contributed by atoms with Crippen LogP contribution in [0, 0.1) is 0 Å². The van der Waals surface area contributed by atoms with Crippen LogP contribution in [0.4, 0.5) is 0 Å². The maximum Gasteiger partial charge on any atom is 0.295 e. The van der Waals surface area contributed by atoms with Crippen LogP contribution in [0.3, 0.4) is 0 Å². The third-order valence-corrected chi connectivity index (χ3v) is 5.86. The van der Waals surface area contributed by atoms with Crippen molar-refractivity contribution < 1.29 is 19.4 Å². The number of nitrogens with zero attached hydrogens (tertiary/aromatic N) is 2. The molecule has 1 aliphatic rings. The number of pyridine rings is 1. The molecule has 0 spiro atoms. The van der Waals surface area contributed by atoms with Crippen molar-refractivity contribution in [3.05, 3.63) is 101 Å². The zero-order chi connectivity index (χ0) is 23.5. The van der Waals surface area contributed by atoms with Gasteiger partial charge in [-0.25, -0.2) is 0 Å². The largest absolute Gasteiger partial charge is 0.507 e. The molecule has 1 aromatic heterocycles. The molecule has 0 aliphatic carbocycles. The van der Waals surface area contributed by atoms with Crippen LogP contribution < -0.4 is 4.74 Å². The van der Waals surface area contributed by atoms with E-state index >= 15 is 0 Å². The number of Topliss-reactive ketones (excluding diaryl/α,β-unsaturated/α-hetero) is 1. The zero-order valence-corrected chi connectivity index (χ0v) is 18.9. The van der Waals surface area contributed by atoms with E-state index < -0.39 is 17.7 Å². The highest BCUT2D eigenvalue weighted by Gasteiger charge is 2.46. The maximum absolute atomic E-state index is 13.2. The molecule has 1 saturated heterocycles. The van der Waals surface area contributed by atoms with Crippen LogP contribution in [0.1, 0.15) is 48.1 Å². The lowest BCUT2D eigenvalue weighted by Gasteiger charge is -2.25. The van der Waals surface area contributed by atoms with Gasteiger partial charge >= 0.3 is 0 Å². The van der Waals surface area contributed by atoms with E-state index in [1.54, 1.807) is 37.7 Å². The highest BCUT2D eigenvalue weighted by atomic mass is 16.5. The number of benzene rings is 2. The maximum atomic E-state index is 13.2. The molecule has 1 aliphatic heterocycles. The van der Waals surface area contributed by atoms with E-state index in [-0.39, 0.29) is 23.8 Å². The van der Waals surface area contributed by atoms with Crippen LogP contribution in [-0.4, -0.2) is 33.8 Å². The average molecular weight is 443 g/mol. The molecule has 1 N–H and O–H groups in total. The highest BCUT2D eigenvalue weighted by molar-refractivity contribution is 6.46. The molecule has 6 nitrogen and oxygen atoms in total. The van der Waals surface area contributed by atoms with Crippen molar-refractivity contribution in [2.75, 3.05) is 7.11 Å². The second-order valence-electron chi connectivity index (χ2n) is 8.31. The second-order valence-corrected chi connectivity index (χ2v) is 8.31. The fraction of sp³-hybridized carbons (Fsp3) is 0.222. The molecule has 1 amide bonds. The van der Waals surface area contributed by atoms with E-state index in [1.165, 1.54) is 4.90 Å². The van der Waals surface area contributed by atoms with Crippen molar-refractivity contribution in [3.8, 4) is 5.75 Å². The lowest BCUT2D eigenvalue weighted by molar-refractivity contribution is -0.140. The topological polar surface area (TPSA) is 79.7 Å². The van der Waals surface area contributed by atoms with Gasteiger partial charge in [0, 0.05) is 24.5 Å². The Bertz CT molecular complexity index is 1200. The molecule has 4 rings (SSSR count). The van der Waals surface area contributed by atoms with Gasteiger partial charge in [-0.1, -0.05) is 50.2 Å². The normalized spacial score (nSPS) is 17.6. The first-order chi connectivity index (χ1) is 15.9. The minimum absolute atomic E-state index is 0.0787. The minimum Gasteiger partial charge on any atom is -0.507 e. The summed E-state index contributed by atoms with van der Waals surface area (Å²) in [5, 5.41) is 11.3. The van der Waals surface area contributed by atoms with Crippen molar-refractivity contribution >= 4 is 17.4 Å². The van der Waals surface area contributed by atoms with Gasteiger partial charge in [-0.05, 0) is 46.9 Å². The van der Waals surface area contributed by atoms with E-state index in [2.05, 4.69) is 4.98 Å². The average Bonchev–Trinajstić information content (AvgIpc) is 3.09. The van der Waals surface area contributed by atoms with Gasteiger partial charge in [0.1, 0.15) is 11.5 Å². The predicted molar refractivity (Wildman–Crippen MR) is 126 cm³/mol. The number of rotatable bonds is 6. The Balaban J connectivity index is 1.86. The number of likely N-dealkylation sites (tertiary alicyclic amines) is 1. The first kappa shape index (κ1) is 22.3. The molecule has 3 aromatic rings. The smallest absolute Gasteiger partial charge is 0.295 e. The van der Waals surface area contributed by atoms with Crippen molar-refractivity contribution in [3.63, 3.8) is 0 Å². The predicted octanol–water partition coefficient (Wildman–Crippen LogP) is 4.84. The number of aliphatic hydroxyl groups is 1. The van der Waals surface area contributed by atoms with Crippen molar-refractivity contribution in [2.24, 2.45) is 0 Å². The van der Waals surface area contributed by atoms with Gasteiger partial charge in [-0.15, -0.1) is 0 Å². The molecule has 0 bridgehead atoms. The van der Waals surface area contributed by atoms with E-state index in [9.17, 15) is 14.7 Å². The summed E-state index contributed by atoms with van der Waals surface area (Å²) in [4.78, 5) is 31.9. The first-order valence-corrected chi connectivity index (χ1v) is 10.8. The Morgan fingerprint density at radius 1 is 1.09 bits per heavy atom. The van der Waals surface area contributed by atoms with Gasteiger partial charge in [0.15, 0.2) is 0 Å². The molecule has 1 fully saturated rings. The molecule has 0 radical (unpaired) electrons. The number of ether oxygens (including phenoxy) is 1. The van der Waals surface area contributed by atoms with Gasteiger partial charge in [-0.3, -0.25) is 14.6 Å². The summed E-state index contributed by atoms with van der Waals surface area (Å²) in [6.07, 6.45) is 3.32. The van der Waals surface area contributed by atoms with Crippen LogP contribution in [0.5, 0.6) is 5.75 Å². The first-order valence-electron chi connectivity index (χ1n) is 10.8. The number of hydrogen-bond acceptors (Lipinski definition) is 5. The standard InChI is InChI=1S/C27H26N2O4/c1-17(2)21-14-20(11-12-22(21)33-3)25(30)23-24(19-9-5-4-6-10-19)29(27(32)26(23)31)16-18-8-7-13-28-15-18/h4-15,17,24,30H,16H2,1-3H3/b25-23-. The minimum atomic E-state index is -0.712. The molecule has 2 heterocycles. The van der Waals surface area contributed by atoms with Gasteiger partial charge in [0.2, 0.25) is 0 Å². The Morgan fingerprint density at radius 2 is 1.85 bits per heavy atom. The number of aromatic nitrogens is 1. The van der Waals surface area contributed by atoms with Crippen LogP contribution in [0.15, 0.2) is 78.6 Å². The number of amides is 1. The van der Waals surface area contributed by atoms with Crippen molar-refractivity contribution in [1.29, 1.82) is 0 Å². The lowest BCUT2D eigenvalue weighted by atomic mass is 9.93. The molecule has 6 heteroatoms. The third kappa shape index (κ3) is 4.24. The summed E-state index contributed by atoms with van der Waals surface area (Å²) in [5.41, 5.74) is 3.00. The summed E-state index contributed by atoms with van der Waals surface area (Å²) < 4.78 is 5.45. The number of carbonyl (C=O) groups is 2. The lowest BCUT2D eigenvalue weighted by Crippen LogP contribution is -2.29. The second kappa shape index (κ2) is 9.28. The number of hydrogen-bond donors (Lipinski definition) is 1. The monoisotopic (exact) mass is 442 g/mol. The van der Waals surface area contributed by atoms with Crippen LogP contribution in [-0.2, 0) is 16.1 Å². The summed E-state index contributed by atoms with van der Waals surface area (Å²) in [6.45, 7) is 4.26. The highest BCUT2D eigenvalue weighted by Crippen LogP contribution is 2.41. The van der Waals surface area contributed by atoms with E-state index in [4.69, 9.17) is 4.74 Å². The quantitative estimate of drug-likeness (QED) is 0.336. The number of ketones is 1. The molecule has 0 saturated carbocycles. The fourth-order valence-electron chi connectivity index (χ4n) is 4.20. The molecule has 2 aromatic carbocycles. The Hall–Kier alpha value is -3.93. The van der Waals surface area contributed by atoms with Crippen molar-refractivity contribution in [2.45, 2.75) is 32.4 Å². The Morgan fingerprint density at radius 3 is 2.48 bits per heavy atom. The molecular formula is C27H26N2O4. The van der Waals surface area contributed by atoms with Crippen molar-refractivity contribution in [1.82, 2.24) is 9.88 Å². The van der Waals surface area contributed by atoms with Gasteiger partial charge < -0.3 is 14.7 Å². The molecule has 1 atom stereocenters. The van der Waals surface area contributed by atoms with E-state index in [0.29, 0.717) is 11.3 Å².